The van der Waals surface area contributed by atoms with E-state index in [-0.39, 0.29) is 0 Å². The molecule has 19 heavy (non-hydrogen) atoms. The van der Waals surface area contributed by atoms with E-state index in [1.807, 2.05) is 24.4 Å². The molecule has 2 heterocycles. The molecule has 2 aromatic heterocycles. The lowest BCUT2D eigenvalue weighted by atomic mass is 10.1. The van der Waals surface area contributed by atoms with Gasteiger partial charge in [-0.2, -0.15) is 0 Å². The lowest BCUT2D eigenvalue weighted by molar-refractivity contribution is 0.569. The molecule has 0 aliphatic heterocycles. The van der Waals surface area contributed by atoms with Gasteiger partial charge in [-0.05, 0) is 49.7 Å². The first-order valence-corrected chi connectivity index (χ1v) is 7.39. The summed E-state index contributed by atoms with van der Waals surface area (Å²) in [6, 6.07) is 10.5. The summed E-state index contributed by atoms with van der Waals surface area (Å²) in [4.78, 5) is 8.70. The Hall–Kier alpha value is -1.39. The number of nitrogens with one attached hydrogen (secondary N) is 1. The average Bonchev–Trinajstić information content (AvgIpc) is 2.46. The van der Waals surface area contributed by atoms with Gasteiger partial charge in [0, 0.05) is 18.4 Å². The second-order valence-corrected chi connectivity index (χ2v) is 5.41. The Labute approximate surface area is 118 Å². The Kier molecular flexibility index (Phi) is 5.36. The minimum Gasteiger partial charge on any atom is -0.310 e. The average molecular weight is 273 g/mol. The van der Waals surface area contributed by atoms with E-state index in [2.05, 4.69) is 41.3 Å². The van der Waals surface area contributed by atoms with Gasteiger partial charge in [0.25, 0.3) is 0 Å². The molecular formula is C15H19N3S. The summed E-state index contributed by atoms with van der Waals surface area (Å²) in [7, 11) is 0. The molecule has 0 aliphatic rings. The van der Waals surface area contributed by atoms with Crippen molar-refractivity contribution in [3.8, 4) is 0 Å². The van der Waals surface area contributed by atoms with Gasteiger partial charge in [-0.1, -0.05) is 24.8 Å². The molecule has 1 atom stereocenters. The van der Waals surface area contributed by atoms with Crippen LogP contribution in [0.2, 0.25) is 0 Å². The predicted octanol–water partition coefficient (Wildman–Crippen LogP) is 3.69. The summed E-state index contributed by atoms with van der Waals surface area (Å²) < 4.78 is 0. The zero-order valence-corrected chi connectivity index (χ0v) is 12.2. The molecule has 1 unspecified atom stereocenters. The minimum absolute atomic E-state index is 0.353. The van der Waals surface area contributed by atoms with E-state index in [4.69, 9.17) is 0 Å². The maximum atomic E-state index is 4.39. The van der Waals surface area contributed by atoms with Crippen molar-refractivity contribution in [2.24, 2.45) is 0 Å². The number of hydrogen-bond acceptors (Lipinski definition) is 4. The van der Waals surface area contributed by atoms with E-state index in [9.17, 15) is 0 Å². The van der Waals surface area contributed by atoms with E-state index in [1.165, 1.54) is 5.56 Å². The zero-order valence-electron chi connectivity index (χ0n) is 11.3. The first-order valence-electron chi connectivity index (χ1n) is 6.58. The van der Waals surface area contributed by atoms with Crippen molar-refractivity contribution in [3.05, 3.63) is 48.3 Å². The molecule has 0 radical (unpaired) electrons. The van der Waals surface area contributed by atoms with Crippen LogP contribution in [0.15, 0.2) is 52.8 Å². The maximum Gasteiger partial charge on any atom is 0.102 e. The molecular weight excluding hydrogens is 254 g/mol. The molecule has 1 N–H and O–H groups in total. The molecule has 0 aromatic carbocycles. The zero-order chi connectivity index (χ0) is 13.5. The van der Waals surface area contributed by atoms with Crippen LogP contribution in [-0.4, -0.2) is 16.5 Å². The van der Waals surface area contributed by atoms with Crippen molar-refractivity contribution in [1.82, 2.24) is 15.3 Å². The van der Waals surface area contributed by atoms with E-state index in [0.29, 0.717) is 6.04 Å². The summed E-state index contributed by atoms with van der Waals surface area (Å²) in [6.45, 7) is 5.39. The molecule has 4 heteroatoms. The molecule has 2 aromatic rings. The Morgan fingerprint density at radius 3 is 2.74 bits per heavy atom. The fourth-order valence-electron chi connectivity index (χ4n) is 1.74. The molecule has 100 valence electrons. The van der Waals surface area contributed by atoms with Crippen LogP contribution in [0, 0.1) is 0 Å². The highest BCUT2D eigenvalue weighted by Gasteiger charge is 2.06. The van der Waals surface area contributed by atoms with Crippen LogP contribution in [0.4, 0.5) is 0 Å². The van der Waals surface area contributed by atoms with Crippen molar-refractivity contribution in [1.29, 1.82) is 0 Å². The lowest BCUT2D eigenvalue weighted by Gasteiger charge is -2.14. The smallest absolute Gasteiger partial charge is 0.102 e. The molecule has 0 spiro atoms. The minimum atomic E-state index is 0.353. The van der Waals surface area contributed by atoms with Crippen molar-refractivity contribution in [3.63, 3.8) is 0 Å². The van der Waals surface area contributed by atoms with E-state index in [1.54, 1.807) is 18.0 Å². The summed E-state index contributed by atoms with van der Waals surface area (Å²) in [6.07, 6.45) is 4.81. The highest BCUT2D eigenvalue weighted by Crippen LogP contribution is 2.25. The molecule has 0 saturated carbocycles. The van der Waals surface area contributed by atoms with Crippen LogP contribution in [-0.2, 0) is 0 Å². The second-order valence-electron chi connectivity index (χ2n) is 4.37. The van der Waals surface area contributed by atoms with Gasteiger partial charge in [-0.25, -0.2) is 9.97 Å². The third-order valence-electron chi connectivity index (χ3n) is 2.81. The Bertz CT molecular complexity index is 502. The van der Waals surface area contributed by atoms with Crippen LogP contribution >= 0.6 is 11.8 Å². The van der Waals surface area contributed by atoms with Gasteiger partial charge in [-0.15, -0.1) is 0 Å². The molecule has 0 saturated heterocycles. The number of hydrogen-bond donors (Lipinski definition) is 1. The Morgan fingerprint density at radius 1 is 1.16 bits per heavy atom. The van der Waals surface area contributed by atoms with Crippen LogP contribution < -0.4 is 5.32 Å². The molecule has 0 amide bonds. The quantitative estimate of drug-likeness (QED) is 0.871. The lowest BCUT2D eigenvalue weighted by Crippen LogP contribution is -2.19. The summed E-state index contributed by atoms with van der Waals surface area (Å²) in [5, 5.41) is 5.45. The molecule has 0 aliphatic carbocycles. The number of aromatic nitrogens is 2. The number of rotatable bonds is 6. The van der Waals surface area contributed by atoms with Gasteiger partial charge in [0.05, 0.1) is 0 Å². The molecule has 3 nitrogen and oxygen atoms in total. The Balaban J connectivity index is 2.06. The van der Waals surface area contributed by atoms with Gasteiger partial charge in [-0.3, -0.25) is 0 Å². The highest BCUT2D eigenvalue weighted by atomic mass is 32.2. The summed E-state index contributed by atoms with van der Waals surface area (Å²) in [5.41, 5.74) is 1.27. The predicted molar refractivity (Wildman–Crippen MR) is 79.3 cm³/mol. The van der Waals surface area contributed by atoms with E-state index >= 15 is 0 Å². The monoisotopic (exact) mass is 273 g/mol. The fraction of sp³-hybridized carbons (Fsp3) is 0.333. The first-order chi connectivity index (χ1) is 9.29. The van der Waals surface area contributed by atoms with Crippen LogP contribution in [0.3, 0.4) is 0 Å². The Morgan fingerprint density at radius 2 is 2.00 bits per heavy atom. The van der Waals surface area contributed by atoms with Gasteiger partial charge in [0.2, 0.25) is 0 Å². The number of nitrogens with zero attached hydrogens (tertiary/aromatic N) is 2. The standard InChI is InChI=1S/C15H19N3S/c1-3-8-16-12(2)13-7-10-18-15(11-13)19-14-6-4-5-9-17-14/h4-7,9-12,16H,3,8H2,1-2H3. The SMILES string of the molecule is CCCNC(C)c1ccnc(Sc2ccccn2)c1. The van der Waals surface area contributed by atoms with Crippen LogP contribution in [0.1, 0.15) is 31.9 Å². The largest absolute Gasteiger partial charge is 0.310 e. The van der Waals surface area contributed by atoms with Crippen molar-refractivity contribution < 1.29 is 0 Å². The number of pyridine rings is 2. The highest BCUT2D eigenvalue weighted by molar-refractivity contribution is 7.99. The molecule has 2 rings (SSSR count). The fourth-order valence-corrected chi connectivity index (χ4v) is 2.53. The van der Waals surface area contributed by atoms with Crippen LogP contribution in [0.25, 0.3) is 0 Å². The first kappa shape index (κ1) is 14.0. The van der Waals surface area contributed by atoms with Crippen molar-refractivity contribution in [2.45, 2.75) is 36.4 Å². The van der Waals surface area contributed by atoms with Crippen molar-refractivity contribution >= 4 is 11.8 Å². The third-order valence-corrected chi connectivity index (χ3v) is 3.69. The third kappa shape index (κ3) is 4.33. The normalized spacial score (nSPS) is 12.3. The topological polar surface area (TPSA) is 37.8 Å². The maximum absolute atomic E-state index is 4.39. The van der Waals surface area contributed by atoms with Crippen molar-refractivity contribution in [2.75, 3.05) is 6.54 Å². The van der Waals surface area contributed by atoms with E-state index < -0.39 is 0 Å². The van der Waals surface area contributed by atoms with Gasteiger partial charge >= 0.3 is 0 Å². The van der Waals surface area contributed by atoms with Gasteiger partial charge < -0.3 is 5.32 Å². The van der Waals surface area contributed by atoms with E-state index in [0.717, 1.165) is 23.0 Å². The van der Waals surface area contributed by atoms with Gasteiger partial charge in [0.1, 0.15) is 10.1 Å². The summed E-state index contributed by atoms with van der Waals surface area (Å²) >= 11 is 1.59. The summed E-state index contributed by atoms with van der Waals surface area (Å²) in [5.74, 6) is 0. The molecule has 0 fully saturated rings. The molecule has 0 bridgehead atoms. The second kappa shape index (κ2) is 7.26. The van der Waals surface area contributed by atoms with Gasteiger partial charge in [0.15, 0.2) is 0 Å². The van der Waals surface area contributed by atoms with Crippen LogP contribution in [0.5, 0.6) is 0 Å².